The second kappa shape index (κ2) is 5.33. The first-order chi connectivity index (χ1) is 8.16. The number of nitrogen functional groups attached to an aromatic ring is 1. The fourth-order valence-electron chi connectivity index (χ4n) is 1.37. The second-order valence-corrected chi connectivity index (χ2v) is 5.35. The Morgan fingerprint density at radius 2 is 2.00 bits per heavy atom. The Morgan fingerprint density at radius 3 is 2.59 bits per heavy atom. The van der Waals surface area contributed by atoms with E-state index in [1.54, 1.807) is 6.07 Å². The van der Waals surface area contributed by atoms with Crippen LogP contribution in [0.1, 0.15) is 15.2 Å². The number of anilines is 1. The molecule has 0 bridgehead atoms. The van der Waals surface area contributed by atoms with Gasteiger partial charge >= 0.3 is 0 Å². The first-order valence-corrected chi connectivity index (χ1v) is 6.69. The molecule has 0 saturated carbocycles. The van der Waals surface area contributed by atoms with Gasteiger partial charge in [-0.3, -0.25) is 4.79 Å². The van der Waals surface area contributed by atoms with Gasteiger partial charge in [0.2, 0.25) is 0 Å². The van der Waals surface area contributed by atoms with Crippen molar-refractivity contribution in [1.29, 1.82) is 0 Å². The average Bonchev–Trinajstić information content (AvgIpc) is 2.74. The van der Waals surface area contributed by atoms with Crippen LogP contribution >= 0.6 is 27.3 Å². The Hall–Kier alpha value is -1.33. The highest BCUT2D eigenvalue weighted by Gasteiger charge is 2.10. The predicted octanol–water partition coefficient (Wildman–Crippen LogP) is 3.02. The Bertz CT molecular complexity index is 522. The van der Waals surface area contributed by atoms with Gasteiger partial charge in [-0.2, -0.15) is 0 Å². The molecule has 1 heterocycles. The average molecular weight is 311 g/mol. The molecule has 0 atom stereocenters. The molecule has 0 radical (unpaired) electrons. The van der Waals surface area contributed by atoms with E-state index in [0.29, 0.717) is 17.1 Å². The molecule has 0 aliphatic heterocycles. The maximum Gasteiger partial charge on any atom is 0.263 e. The maximum absolute atomic E-state index is 11.8. The standard InChI is InChI=1S/C12H11BrN2OS/c13-9-3-1-8(2-4-9)7-15-12(16)11-10(14)5-6-17-11/h1-6H,7,14H2,(H,15,16). The Balaban J connectivity index is 1.97. The fourth-order valence-corrected chi connectivity index (χ4v) is 2.37. The number of hydrogen-bond acceptors (Lipinski definition) is 3. The zero-order valence-electron chi connectivity index (χ0n) is 8.94. The molecule has 0 unspecified atom stereocenters. The summed E-state index contributed by atoms with van der Waals surface area (Å²) in [5, 5.41) is 4.65. The van der Waals surface area contributed by atoms with Gasteiger partial charge in [0, 0.05) is 11.0 Å². The lowest BCUT2D eigenvalue weighted by atomic mass is 10.2. The molecule has 0 spiro atoms. The predicted molar refractivity (Wildman–Crippen MR) is 74.0 cm³/mol. The molecule has 17 heavy (non-hydrogen) atoms. The van der Waals surface area contributed by atoms with Gasteiger partial charge < -0.3 is 11.1 Å². The number of rotatable bonds is 3. The minimum atomic E-state index is -0.125. The van der Waals surface area contributed by atoms with E-state index in [0.717, 1.165) is 10.0 Å². The lowest BCUT2D eigenvalue weighted by molar-refractivity contribution is 0.0956. The monoisotopic (exact) mass is 310 g/mol. The summed E-state index contributed by atoms with van der Waals surface area (Å²) in [6.45, 7) is 0.503. The zero-order chi connectivity index (χ0) is 12.3. The molecule has 3 nitrogen and oxygen atoms in total. The molecule has 1 aromatic carbocycles. The highest BCUT2D eigenvalue weighted by atomic mass is 79.9. The van der Waals surface area contributed by atoms with Gasteiger partial charge in [0.25, 0.3) is 5.91 Å². The topological polar surface area (TPSA) is 55.1 Å². The van der Waals surface area contributed by atoms with Crippen molar-refractivity contribution in [2.24, 2.45) is 0 Å². The lowest BCUT2D eigenvalue weighted by Gasteiger charge is -2.04. The zero-order valence-corrected chi connectivity index (χ0v) is 11.3. The quantitative estimate of drug-likeness (QED) is 0.915. The van der Waals surface area contributed by atoms with Crippen LogP contribution in [-0.2, 0) is 6.54 Å². The molecular weight excluding hydrogens is 300 g/mol. The van der Waals surface area contributed by atoms with Crippen molar-refractivity contribution >= 4 is 38.9 Å². The molecule has 2 aromatic rings. The lowest BCUT2D eigenvalue weighted by Crippen LogP contribution is -2.22. The number of nitrogens with two attached hydrogens (primary N) is 1. The molecule has 0 aliphatic carbocycles. The van der Waals surface area contributed by atoms with Gasteiger partial charge in [0.1, 0.15) is 4.88 Å². The molecule has 1 amide bonds. The van der Waals surface area contributed by atoms with Gasteiger partial charge in [-0.15, -0.1) is 11.3 Å². The largest absolute Gasteiger partial charge is 0.397 e. The number of hydrogen-bond donors (Lipinski definition) is 2. The second-order valence-electron chi connectivity index (χ2n) is 3.51. The van der Waals surface area contributed by atoms with Crippen molar-refractivity contribution in [1.82, 2.24) is 5.32 Å². The summed E-state index contributed by atoms with van der Waals surface area (Å²) in [7, 11) is 0. The van der Waals surface area contributed by atoms with Crippen LogP contribution in [0.3, 0.4) is 0 Å². The van der Waals surface area contributed by atoms with Gasteiger partial charge in [-0.25, -0.2) is 0 Å². The third-order valence-corrected chi connectivity index (χ3v) is 3.73. The molecule has 0 fully saturated rings. The van der Waals surface area contributed by atoms with Crippen molar-refractivity contribution in [3.8, 4) is 0 Å². The number of carbonyl (C=O) groups excluding carboxylic acids is 1. The van der Waals surface area contributed by atoms with Crippen LogP contribution in [0.25, 0.3) is 0 Å². The molecule has 5 heteroatoms. The van der Waals surface area contributed by atoms with E-state index in [2.05, 4.69) is 21.2 Å². The van der Waals surface area contributed by atoms with Crippen molar-refractivity contribution in [2.75, 3.05) is 5.73 Å². The van der Waals surface area contributed by atoms with Crippen LogP contribution < -0.4 is 11.1 Å². The van der Waals surface area contributed by atoms with E-state index >= 15 is 0 Å². The van der Waals surface area contributed by atoms with Crippen LogP contribution in [0.2, 0.25) is 0 Å². The number of halogens is 1. The molecule has 2 rings (SSSR count). The number of amides is 1. The van der Waals surface area contributed by atoms with Gasteiger partial charge in [0.05, 0.1) is 5.69 Å². The van der Waals surface area contributed by atoms with Crippen LogP contribution in [0.15, 0.2) is 40.2 Å². The Labute approximate surface area is 112 Å². The van der Waals surface area contributed by atoms with Crippen LogP contribution in [0.5, 0.6) is 0 Å². The minimum Gasteiger partial charge on any atom is -0.397 e. The van der Waals surface area contributed by atoms with Crippen LogP contribution in [0, 0.1) is 0 Å². The van der Waals surface area contributed by atoms with Gasteiger partial charge in [0.15, 0.2) is 0 Å². The SMILES string of the molecule is Nc1ccsc1C(=O)NCc1ccc(Br)cc1. The molecular formula is C12H11BrN2OS. The smallest absolute Gasteiger partial charge is 0.263 e. The summed E-state index contributed by atoms with van der Waals surface area (Å²) in [5.41, 5.74) is 7.26. The summed E-state index contributed by atoms with van der Waals surface area (Å²) >= 11 is 4.72. The summed E-state index contributed by atoms with van der Waals surface area (Å²) < 4.78 is 1.02. The first-order valence-electron chi connectivity index (χ1n) is 5.02. The summed E-state index contributed by atoms with van der Waals surface area (Å²) in [6, 6.07) is 9.55. The highest BCUT2D eigenvalue weighted by Crippen LogP contribution is 2.18. The normalized spacial score (nSPS) is 10.2. The molecule has 0 saturated heterocycles. The van der Waals surface area contributed by atoms with E-state index < -0.39 is 0 Å². The first kappa shape index (κ1) is 12.1. The molecule has 0 aliphatic rings. The summed E-state index contributed by atoms with van der Waals surface area (Å²) in [5.74, 6) is -0.125. The van der Waals surface area contributed by atoms with Crippen LogP contribution in [0.4, 0.5) is 5.69 Å². The van der Waals surface area contributed by atoms with Crippen molar-refractivity contribution in [3.05, 3.63) is 50.6 Å². The maximum atomic E-state index is 11.8. The van der Waals surface area contributed by atoms with E-state index in [4.69, 9.17) is 5.73 Å². The molecule has 1 aromatic heterocycles. The highest BCUT2D eigenvalue weighted by molar-refractivity contribution is 9.10. The van der Waals surface area contributed by atoms with E-state index in [-0.39, 0.29) is 5.91 Å². The molecule has 3 N–H and O–H groups in total. The van der Waals surface area contributed by atoms with Crippen molar-refractivity contribution in [2.45, 2.75) is 6.54 Å². The molecule has 88 valence electrons. The van der Waals surface area contributed by atoms with E-state index in [9.17, 15) is 4.79 Å². The minimum absolute atomic E-state index is 0.125. The third-order valence-electron chi connectivity index (χ3n) is 2.27. The van der Waals surface area contributed by atoms with Crippen molar-refractivity contribution < 1.29 is 4.79 Å². The summed E-state index contributed by atoms with van der Waals surface area (Å²) in [6.07, 6.45) is 0. The van der Waals surface area contributed by atoms with Gasteiger partial charge in [-0.05, 0) is 29.1 Å². The van der Waals surface area contributed by atoms with E-state index in [1.165, 1.54) is 11.3 Å². The Kier molecular flexibility index (Phi) is 3.81. The number of benzene rings is 1. The number of thiophene rings is 1. The van der Waals surface area contributed by atoms with Gasteiger partial charge in [-0.1, -0.05) is 28.1 Å². The van der Waals surface area contributed by atoms with E-state index in [1.807, 2.05) is 29.6 Å². The third kappa shape index (κ3) is 3.08. The summed E-state index contributed by atoms with van der Waals surface area (Å²) in [4.78, 5) is 12.3. The number of nitrogens with one attached hydrogen (secondary N) is 1. The van der Waals surface area contributed by atoms with Crippen LogP contribution in [-0.4, -0.2) is 5.91 Å². The fraction of sp³-hybridized carbons (Fsp3) is 0.0833. The number of carbonyl (C=O) groups is 1. The van der Waals surface area contributed by atoms with Crippen molar-refractivity contribution in [3.63, 3.8) is 0 Å². The Morgan fingerprint density at radius 1 is 1.29 bits per heavy atom.